The number of halogens is 2. The first-order chi connectivity index (χ1) is 8.88. The fraction of sp³-hybridized carbons (Fsp3) is 0.500. The Kier molecular flexibility index (Phi) is 4.45. The van der Waals surface area contributed by atoms with Gasteiger partial charge >= 0.3 is 0 Å². The predicted molar refractivity (Wildman–Crippen MR) is 72.2 cm³/mol. The van der Waals surface area contributed by atoms with Crippen molar-refractivity contribution in [2.45, 2.75) is 36.7 Å². The Balaban J connectivity index is 2.20. The van der Waals surface area contributed by atoms with Crippen LogP contribution in [0.1, 0.15) is 19.8 Å². The quantitative estimate of drug-likeness (QED) is 0.897. The molecule has 0 saturated carbocycles. The van der Waals surface area contributed by atoms with Gasteiger partial charge in [-0.3, -0.25) is 0 Å². The van der Waals surface area contributed by atoms with Crippen molar-refractivity contribution in [1.82, 2.24) is 10.0 Å². The molecule has 2 atom stereocenters. The minimum absolute atomic E-state index is 0.0240. The molecule has 0 amide bonds. The van der Waals surface area contributed by atoms with Gasteiger partial charge in [-0.2, -0.15) is 0 Å². The lowest BCUT2D eigenvalue weighted by Crippen LogP contribution is -2.46. The Morgan fingerprint density at radius 3 is 2.89 bits per heavy atom. The first-order valence-electron chi connectivity index (χ1n) is 6.09. The van der Waals surface area contributed by atoms with E-state index in [0.29, 0.717) is 12.8 Å². The van der Waals surface area contributed by atoms with E-state index >= 15 is 0 Å². The first kappa shape index (κ1) is 14.7. The Morgan fingerprint density at radius 1 is 1.47 bits per heavy atom. The van der Waals surface area contributed by atoms with E-state index in [4.69, 9.17) is 11.6 Å². The molecule has 0 aliphatic carbocycles. The van der Waals surface area contributed by atoms with Gasteiger partial charge in [-0.05, 0) is 44.5 Å². The van der Waals surface area contributed by atoms with E-state index in [0.717, 1.165) is 18.7 Å². The lowest BCUT2D eigenvalue weighted by atomic mass is 10.0. The average molecular weight is 307 g/mol. The van der Waals surface area contributed by atoms with Crippen molar-refractivity contribution in [2.24, 2.45) is 0 Å². The number of hydrogen-bond donors (Lipinski definition) is 2. The largest absolute Gasteiger partial charge is 0.314 e. The first-order valence-corrected chi connectivity index (χ1v) is 7.95. The van der Waals surface area contributed by atoms with Crippen molar-refractivity contribution in [3.8, 4) is 0 Å². The summed E-state index contributed by atoms with van der Waals surface area (Å²) >= 11 is 5.83. The molecule has 0 radical (unpaired) electrons. The highest BCUT2D eigenvalue weighted by molar-refractivity contribution is 7.89. The van der Waals surface area contributed by atoms with Crippen LogP contribution in [-0.4, -0.2) is 27.0 Å². The molecule has 2 unspecified atom stereocenters. The molecule has 1 aliphatic rings. The highest BCUT2D eigenvalue weighted by atomic mass is 35.5. The Hall–Kier alpha value is -0.690. The van der Waals surface area contributed by atoms with Gasteiger partial charge in [0.25, 0.3) is 0 Å². The maximum absolute atomic E-state index is 13.2. The number of benzene rings is 1. The molecular weight excluding hydrogens is 291 g/mol. The van der Waals surface area contributed by atoms with Crippen LogP contribution in [0.4, 0.5) is 4.39 Å². The monoisotopic (exact) mass is 306 g/mol. The van der Waals surface area contributed by atoms with E-state index in [2.05, 4.69) is 10.0 Å². The number of rotatable bonds is 3. The molecule has 0 bridgehead atoms. The van der Waals surface area contributed by atoms with Gasteiger partial charge in [-0.1, -0.05) is 11.6 Å². The van der Waals surface area contributed by atoms with Gasteiger partial charge in [0.1, 0.15) is 10.7 Å². The topological polar surface area (TPSA) is 58.2 Å². The zero-order valence-corrected chi connectivity index (χ0v) is 12.1. The van der Waals surface area contributed by atoms with Gasteiger partial charge in [0.15, 0.2) is 0 Å². The molecule has 4 nitrogen and oxygen atoms in total. The molecule has 1 aromatic carbocycles. The highest BCUT2D eigenvalue weighted by Crippen LogP contribution is 2.23. The molecule has 2 N–H and O–H groups in total. The van der Waals surface area contributed by atoms with E-state index in [1.165, 1.54) is 6.07 Å². The van der Waals surface area contributed by atoms with E-state index in [1.54, 1.807) is 0 Å². The van der Waals surface area contributed by atoms with E-state index in [-0.39, 0.29) is 22.0 Å². The molecule has 7 heteroatoms. The molecule has 0 spiro atoms. The number of piperidine rings is 1. The Bertz CT molecular complexity index is 565. The third-order valence-electron chi connectivity index (χ3n) is 3.13. The summed E-state index contributed by atoms with van der Waals surface area (Å²) in [5.74, 6) is -0.622. The summed E-state index contributed by atoms with van der Waals surface area (Å²) in [6.07, 6.45) is 1.41. The summed E-state index contributed by atoms with van der Waals surface area (Å²) < 4.78 is 40.1. The molecule has 2 rings (SSSR count). The van der Waals surface area contributed by atoms with Gasteiger partial charge < -0.3 is 5.32 Å². The molecule has 1 heterocycles. The van der Waals surface area contributed by atoms with Crippen LogP contribution in [0.2, 0.25) is 5.02 Å². The minimum atomic E-state index is -3.79. The standard InChI is InChI=1S/C12H16ClFN2O2S/c1-8-6-10(4-5-15-8)16-19(17,18)12-7-9(14)2-3-11(12)13/h2-3,7-8,10,15-16H,4-6H2,1H3. The van der Waals surface area contributed by atoms with Crippen molar-refractivity contribution in [3.05, 3.63) is 29.0 Å². The molecule has 1 aliphatic heterocycles. The molecule has 106 valence electrons. The Labute approximate surface area is 117 Å². The fourth-order valence-electron chi connectivity index (χ4n) is 2.20. The molecule has 1 fully saturated rings. The third-order valence-corrected chi connectivity index (χ3v) is 5.13. The van der Waals surface area contributed by atoms with Crippen LogP contribution in [-0.2, 0) is 10.0 Å². The maximum Gasteiger partial charge on any atom is 0.242 e. The summed E-state index contributed by atoms with van der Waals surface area (Å²) in [5.41, 5.74) is 0. The van der Waals surface area contributed by atoms with Gasteiger partial charge in [0.2, 0.25) is 10.0 Å². The molecular formula is C12H16ClFN2O2S. The van der Waals surface area contributed by atoms with Crippen LogP contribution in [0, 0.1) is 5.82 Å². The van der Waals surface area contributed by atoms with Crippen molar-refractivity contribution in [1.29, 1.82) is 0 Å². The zero-order chi connectivity index (χ0) is 14.0. The summed E-state index contributed by atoms with van der Waals surface area (Å²) in [4.78, 5) is -0.208. The lowest BCUT2D eigenvalue weighted by molar-refractivity contribution is 0.361. The van der Waals surface area contributed by atoms with Crippen molar-refractivity contribution in [3.63, 3.8) is 0 Å². The molecule has 1 saturated heterocycles. The zero-order valence-electron chi connectivity index (χ0n) is 10.5. The molecule has 19 heavy (non-hydrogen) atoms. The van der Waals surface area contributed by atoms with Gasteiger partial charge in [0, 0.05) is 12.1 Å². The van der Waals surface area contributed by atoms with Gasteiger partial charge in [-0.15, -0.1) is 0 Å². The van der Waals surface area contributed by atoms with Crippen LogP contribution in [0.25, 0.3) is 0 Å². The normalized spacial score (nSPS) is 24.4. The molecule has 1 aromatic rings. The predicted octanol–water partition coefficient (Wildman–Crippen LogP) is 1.90. The van der Waals surface area contributed by atoms with Crippen molar-refractivity contribution < 1.29 is 12.8 Å². The number of nitrogens with one attached hydrogen (secondary N) is 2. The average Bonchev–Trinajstić information content (AvgIpc) is 2.31. The smallest absolute Gasteiger partial charge is 0.242 e. The van der Waals surface area contributed by atoms with E-state index < -0.39 is 15.8 Å². The Morgan fingerprint density at radius 2 is 2.21 bits per heavy atom. The SMILES string of the molecule is CC1CC(NS(=O)(=O)c2cc(F)ccc2Cl)CCN1. The summed E-state index contributed by atoms with van der Waals surface area (Å²) in [5, 5.41) is 3.26. The second-order valence-electron chi connectivity index (χ2n) is 4.77. The highest BCUT2D eigenvalue weighted by Gasteiger charge is 2.26. The van der Waals surface area contributed by atoms with Gasteiger partial charge in [-0.25, -0.2) is 17.5 Å². The van der Waals surface area contributed by atoms with Crippen LogP contribution >= 0.6 is 11.6 Å². The maximum atomic E-state index is 13.2. The summed E-state index contributed by atoms with van der Waals surface area (Å²) in [6.45, 7) is 2.75. The van der Waals surface area contributed by atoms with E-state index in [9.17, 15) is 12.8 Å². The van der Waals surface area contributed by atoms with Crippen LogP contribution < -0.4 is 10.0 Å². The summed E-state index contributed by atoms with van der Waals surface area (Å²) in [7, 11) is -3.79. The van der Waals surface area contributed by atoms with Crippen molar-refractivity contribution in [2.75, 3.05) is 6.54 Å². The van der Waals surface area contributed by atoms with Crippen molar-refractivity contribution >= 4 is 21.6 Å². The second-order valence-corrected chi connectivity index (χ2v) is 6.86. The number of sulfonamides is 1. The fourth-order valence-corrected chi connectivity index (χ4v) is 4.00. The second kappa shape index (κ2) is 5.75. The van der Waals surface area contributed by atoms with E-state index in [1.807, 2.05) is 6.92 Å². The number of hydrogen-bond acceptors (Lipinski definition) is 3. The van der Waals surface area contributed by atoms with Crippen LogP contribution in [0.3, 0.4) is 0 Å². The summed E-state index contributed by atoms with van der Waals surface area (Å²) in [6, 6.07) is 3.42. The molecule has 0 aromatic heterocycles. The minimum Gasteiger partial charge on any atom is -0.314 e. The van der Waals surface area contributed by atoms with Crippen LogP contribution in [0.5, 0.6) is 0 Å². The van der Waals surface area contributed by atoms with Crippen LogP contribution in [0.15, 0.2) is 23.1 Å². The van der Waals surface area contributed by atoms with Gasteiger partial charge in [0.05, 0.1) is 5.02 Å². The lowest BCUT2D eigenvalue weighted by Gasteiger charge is -2.28. The third kappa shape index (κ3) is 3.66.